The van der Waals surface area contributed by atoms with Crippen LogP contribution in [0.1, 0.15) is 13.8 Å². The minimum Gasteiger partial charge on any atom is -0.494 e. The van der Waals surface area contributed by atoms with Crippen LogP contribution in [0.5, 0.6) is 11.5 Å². The molecule has 9 heteroatoms. The highest BCUT2D eigenvalue weighted by atomic mass is 32.2. The van der Waals surface area contributed by atoms with Gasteiger partial charge in [0, 0.05) is 12.3 Å². The summed E-state index contributed by atoms with van der Waals surface area (Å²) in [5.41, 5.74) is 0.241. The summed E-state index contributed by atoms with van der Waals surface area (Å²) in [6, 6.07) is 9.84. The van der Waals surface area contributed by atoms with Crippen LogP contribution in [0.25, 0.3) is 0 Å². The van der Waals surface area contributed by atoms with Crippen LogP contribution in [-0.2, 0) is 19.9 Å². The van der Waals surface area contributed by atoms with Gasteiger partial charge in [-0.15, -0.1) is 0 Å². The van der Waals surface area contributed by atoms with E-state index in [1.165, 1.54) is 30.3 Å². The summed E-state index contributed by atoms with van der Waals surface area (Å²) in [5, 5.41) is 0. The van der Waals surface area contributed by atoms with Gasteiger partial charge in [0.25, 0.3) is 10.0 Å². The third kappa shape index (κ3) is 4.89. The van der Waals surface area contributed by atoms with Gasteiger partial charge in [-0.3, -0.25) is 4.72 Å². The summed E-state index contributed by atoms with van der Waals surface area (Å²) in [4.78, 5) is -0.0149. The zero-order valence-electron chi connectivity index (χ0n) is 14.7. The molecule has 0 unspecified atom stereocenters. The first-order chi connectivity index (χ1) is 12.2. The quantitative estimate of drug-likeness (QED) is 0.733. The maximum atomic E-state index is 12.6. The Labute approximate surface area is 153 Å². The normalized spacial score (nSPS) is 11.8. The lowest BCUT2D eigenvalue weighted by molar-refractivity contribution is 0.332. The molecule has 0 aliphatic rings. The summed E-state index contributed by atoms with van der Waals surface area (Å²) < 4.78 is 61.6. The van der Waals surface area contributed by atoms with Crippen LogP contribution in [0.2, 0.25) is 0 Å². The van der Waals surface area contributed by atoms with Gasteiger partial charge in [-0.2, -0.15) is 0 Å². The highest BCUT2D eigenvalue weighted by Gasteiger charge is 2.18. The number of nitrogens with one attached hydrogen (secondary N) is 1. The topological polar surface area (TPSA) is 98.8 Å². The maximum absolute atomic E-state index is 12.6. The van der Waals surface area contributed by atoms with Gasteiger partial charge < -0.3 is 9.47 Å². The van der Waals surface area contributed by atoms with Gasteiger partial charge in [0.15, 0.2) is 9.84 Å². The van der Waals surface area contributed by atoms with Crippen molar-refractivity contribution < 1.29 is 26.3 Å². The van der Waals surface area contributed by atoms with Gasteiger partial charge in [0.1, 0.15) is 11.5 Å². The van der Waals surface area contributed by atoms with E-state index in [2.05, 4.69) is 4.72 Å². The fraction of sp³-hybridized carbons (Fsp3) is 0.294. The van der Waals surface area contributed by atoms with E-state index in [0.29, 0.717) is 24.7 Å². The molecule has 2 rings (SSSR count). The molecule has 0 radical (unpaired) electrons. The Morgan fingerprint density at radius 3 is 1.96 bits per heavy atom. The summed E-state index contributed by atoms with van der Waals surface area (Å²) in [5.74, 6) is 0.869. The summed E-state index contributed by atoms with van der Waals surface area (Å²) in [7, 11) is -7.33. The summed E-state index contributed by atoms with van der Waals surface area (Å²) in [6.45, 7) is 4.42. The smallest absolute Gasteiger partial charge is 0.262 e. The average molecular weight is 399 g/mol. The van der Waals surface area contributed by atoms with Gasteiger partial charge >= 0.3 is 0 Å². The highest BCUT2D eigenvalue weighted by molar-refractivity contribution is 7.92. The van der Waals surface area contributed by atoms with E-state index in [4.69, 9.17) is 9.47 Å². The molecule has 1 N–H and O–H groups in total. The van der Waals surface area contributed by atoms with Crippen molar-refractivity contribution in [2.75, 3.05) is 24.2 Å². The van der Waals surface area contributed by atoms with Gasteiger partial charge in [0.2, 0.25) is 0 Å². The Morgan fingerprint density at radius 2 is 1.42 bits per heavy atom. The van der Waals surface area contributed by atoms with Crippen molar-refractivity contribution in [3.8, 4) is 11.5 Å². The van der Waals surface area contributed by atoms with E-state index in [9.17, 15) is 16.8 Å². The molecule has 0 spiro atoms. The molecular formula is C17H21NO6S2. The molecular weight excluding hydrogens is 378 g/mol. The van der Waals surface area contributed by atoms with Crippen LogP contribution in [0.3, 0.4) is 0 Å². The van der Waals surface area contributed by atoms with Crippen LogP contribution in [0.15, 0.2) is 52.3 Å². The van der Waals surface area contributed by atoms with Crippen molar-refractivity contribution in [1.82, 2.24) is 0 Å². The van der Waals surface area contributed by atoms with E-state index in [1.54, 1.807) is 19.1 Å². The standard InChI is InChI=1S/C17H21NO6S2/c1-4-23-13-6-11-17(24-5-2)16(12-13)18-26(21,22)15-9-7-14(8-10-15)25(3,19)20/h6-12,18H,4-5H2,1-3H3. The van der Waals surface area contributed by atoms with Crippen LogP contribution in [0, 0.1) is 0 Å². The van der Waals surface area contributed by atoms with Crippen molar-refractivity contribution in [3.63, 3.8) is 0 Å². The van der Waals surface area contributed by atoms with Crippen LogP contribution < -0.4 is 14.2 Å². The Hall–Kier alpha value is -2.26. The fourth-order valence-corrected chi connectivity index (χ4v) is 3.89. The minimum atomic E-state index is -3.93. The lowest BCUT2D eigenvalue weighted by Gasteiger charge is -2.14. The average Bonchev–Trinajstić information content (AvgIpc) is 2.57. The zero-order valence-corrected chi connectivity index (χ0v) is 16.4. The first-order valence-electron chi connectivity index (χ1n) is 7.90. The van der Waals surface area contributed by atoms with Gasteiger partial charge in [-0.1, -0.05) is 0 Å². The monoisotopic (exact) mass is 399 g/mol. The van der Waals surface area contributed by atoms with Gasteiger partial charge in [-0.25, -0.2) is 16.8 Å². The van der Waals surface area contributed by atoms with E-state index in [-0.39, 0.29) is 15.5 Å². The molecule has 0 aromatic heterocycles. The summed E-state index contributed by atoms with van der Waals surface area (Å²) in [6.07, 6.45) is 1.06. The third-order valence-corrected chi connectivity index (χ3v) is 5.88. The molecule has 0 amide bonds. The minimum absolute atomic E-state index is 0.0461. The molecule has 0 aliphatic heterocycles. The zero-order chi connectivity index (χ0) is 19.4. The first kappa shape index (κ1) is 20.1. The molecule has 2 aromatic carbocycles. The fourth-order valence-electron chi connectivity index (χ4n) is 2.20. The van der Waals surface area contributed by atoms with Crippen molar-refractivity contribution in [2.24, 2.45) is 0 Å². The van der Waals surface area contributed by atoms with E-state index in [1.807, 2.05) is 6.92 Å². The molecule has 2 aromatic rings. The van der Waals surface area contributed by atoms with Crippen molar-refractivity contribution in [2.45, 2.75) is 23.6 Å². The SMILES string of the molecule is CCOc1ccc(OCC)c(NS(=O)(=O)c2ccc(S(C)(=O)=O)cc2)c1. The maximum Gasteiger partial charge on any atom is 0.262 e. The number of sulfone groups is 1. The Morgan fingerprint density at radius 1 is 0.846 bits per heavy atom. The largest absolute Gasteiger partial charge is 0.494 e. The lowest BCUT2D eigenvalue weighted by Crippen LogP contribution is -2.14. The van der Waals surface area contributed by atoms with Crippen molar-refractivity contribution in [1.29, 1.82) is 0 Å². The number of hydrogen-bond acceptors (Lipinski definition) is 6. The molecule has 7 nitrogen and oxygen atoms in total. The Kier molecular flexibility index (Phi) is 6.14. The first-order valence-corrected chi connectivity index (χ1v) is 11.3. The van der Waals surface area contributed by atoms with Crippen LogP contribution in [0.4, 0.5) is 5.69 Å². The number of anilines is 1. The number of ether oxygens (including phenoxy) is 2. The molecule has 142 valence electrons. The van der Waals surface area contributed by atoms with E-state index < -0.39 is 19.9 Å². The Balaban J connectivity index is 2.37. The number of rotatable bonds is 8. The third-order valence-electron chi connectivity index (χ3n) is 3.37. The molecule has 0 heterocycles. The molecule has 0 atom stereocenters. The predicted molar refractivity (Wildman–Crippen MR) is 99.1 cm³/mol. The molecule has 26 heavy (non-hydrogen) atoms. The Bertz CT molecular complexity index is 967. The number of hydrogen-bond donors (Lipinski definition) is 1. The van der Waals surface area contributed by atoms with Crippen LogP contribution in [-0.4, -0.2) is 36.3 Å². The lowest BCUT2D eigenvalue weighted by atomic mass is 10.3. The molecule has 0 saturated carbocycles. The van der Waals surface area contributed by atoms with Gasteiger partial charge in [-0.05, 0) is 50.2 Å². The molecule has 0 aliphatic carbocycles. The second-order valence-corrected chi connectivity index (χ2v) is 9.07. The van der Waals surface area contributed by atoms with Crippen molar-refractivity contribution in [3.05, 3.63) is 42.5 Å². The van der Waals surface area contributed by atoms with Crippen LogP contribution >= 0.6 is 0 Å². The molecule has 0 bridgehead atoms. The second-order valence-electron chi connectivity index (χ2n) is 5.37. The highest BCUT2D eigenvalue weighted by Crippen LogP contribution is 2.31. The summed E-state index contributed by atoms with van der Waals surface area (Å²) >= 11 is 0. The van der Waals surface area contributed by atoms with E-state index in [0.717, 1.165) is 6.26 Å². The second kappa shape index (κ2) is 7.96. The molecule has 0 fully saturated rings. The molecule has 0 saturated heterocycles. The number of sulfonamides is 1. The van der Waals surface area contributed by atoms with Gasteiger partial charge in [0.05, 0.1) is 28.7 Å². The number of benzene rings is 2. The van der Waals surface area contributed by atoms with E-state index >= 15 is 0 Å². The van der Waals surface area contributed by atoms with Crippen molar-refractivity contribution >= 4 is 25.5 Å². The predicted octanol–water partition coefficient (Wildman–Crippen LogP) is 2.69.